The van der Waals surface area contributed by atoms with Crippen molar-refractivity contribution in [3.8, 4) is 11.5 Å². The molecule has 1 aliphatic carbocycles. The highest BCUT2D eigenvalue weighted by molar-refractivity contribution is 5.95. The zero-order chi connectivity index (χ0) is 17.4. The Kier molecular flexibility index (Phi) is 3.76. The van der Waals surface area contributed by atoms with Crippen molar-refractivity contribution < 1.29 is 18.0 Å². The van der Waals surface area contributed by atoms with Crippen molar-refractivity contribution in [1.29, 1.82) is 0 Å². The lowest BCUT2D eigenvalue weighted by Crippen LogP contribution is -2.14. The van der Waals surface area contributed by atoms with Crippen LogP contribution in [0.3, 0.4) is 0 Å². The Bertz CT molecular complexity index is 890. The second-order valence-corrected chi connectivity index (χ2v) is 5.89. The van der Waals surface area contributed by atoms with Crippen LogP contribution in [0.25, 0.3) is 11.5 Å². The van der Waals surface area contributed by atoms with Crippen molar-refractivity contribution >= 4 is 11.6 Å². The van der Waals surface area contributed by atoms with Crippen LogP contribution in [0.2, 0.25) is 0 Å². The van der Waals surface area contributed by atoms with Crippen LogP contribution in [0.4, 0.5) is 14.5 Å². The van der Waals surface area contributed by atoms with E-state index in [-0.39, 0.29) is 11.5 Å². The molecule has 7 heteroatoms. The molecule has 0 radical (unpaired) electrons. The fourth-order valence-electron chi connectivity index (χ4n) is 2.90. The van der Waals surface area contributed by atoms with Gasteiger partial charge in [0.05, 0.1) is 0 Å². The Balaban J connectivity index is 1.43. The van der Waals surface area contributed by atoms with Gasteiger partial charge < -0.3 is 9.73 Å². The Morgan fingerprint density at radius 2 is 1.84 bits per heavy atom. The third kappa shape index (κ3) is 3.00. The molecule has 1 aromatic heterocycles. The van der Waals surface area contributed by atoms with E-state index >= 15 is 0 Å². The molecule has 0 bridgehead atoms. The molecular formula is C18H13F2N3O2. The van der Waals surface area contributed by atoms with Crippen LogP contribution in [0, 0.1) is 17.6 Å². The maximum absolute atomic E-state index is 13.8. The number of anilines is 1. The third-order valence-corrected chi connectivity index (χ3v) is 4.26. The van der Waals surface area contributed by atoms with Gasteiger partial charge in [0, 0.05) is 28.7 Å². The van der Waals surface area contributed by atoms with Gasteiger partial charge in [0.1, 0.15) is 11.6 Å². The highest BCUT2D eigenvalue weighted by Gasteiger charge is 2.46. The molecule has 1 fully saturated rings. The number of halogens is 2. The average molecular weight is 341 g/mol. The van der Waals surface area contributed by atoms with Gasteiger partial charge in [-0.05, 0) is 42.8 Å². The molecule has 0 aliphatic heterocycles. The Hall–Kier alpha value is -3.09. The van der Waals surface area contributed by atoms with Gasteiger partial charge in [-0.15, -0.1) is 10.2 Å². The lowest BCUT2D eigenvalue weighted by molar-refractivity contribution is -0.117. The molecule has 2 atom stereocenters. The number of nitrogens with zero attached hydrogens (tertiary/aromatic N) is 2. The van der Waals surface area contributed by atoms with E-state index in [2.05, 4.69) is 15.5 Å². The molecule has 126 valence electrons. The number of hydrogen-bond donors (Lipinski definition) is 1. The van der Waals surface area contributed by atoms with Crippen molar-refractivity contribution in [2.75, 3.05) is 5.32 Å². The van der Waals surface area contributed by atoms with Crippen LogP contribution in [0.5, 0.6) is 0 Å². The first kappa shape index (κ1) is 15.4. The van der Waals surface area contributed by atoms with Gasteiger partial charge in [-0.2, -0.15) is 0 Å². The highest BCUT2D eigenvalue weighted by atomic mass is 19.1. The van der Waals surface area contributed by atoms with Crippen LogP contribution < -0.4 is 5.32 Å². The third-order valence-electron chi connectivity index (χ3n) is 4.26. The normalized spacial score (nSPS) is 18.8. The number of benzene rings is 2. The molecule has 1 heterocycles. The summed E-state index contributed by atoms with van der Waals surface area (Å²) >= 11 is 0. The van der Waals surface area contributed by atoms with Crippen molar-refractivity contribution in [2.45, 2.75) is 12.3 Å². The van der Waals surface area contributed by atoms with Crippen LogP contribution in [0.15, 0.2) is 53.3 Å². The lowest BCUT2D eigenvalue weighted by atomic mass is 10.1. The number of aromatic nitrogens is 2. The molecule has 25 heavy (non-hydrogen) atoms. The smallest absolute Gasteiger partial charge is 0.247 e. The Morgan fingerprint density at radius 3 is 2.48 bits per heavy atom. The maximum atomic E-state index is 13.8. The molecule has 0 spiro atoms. The van der Waals surface area contributed by atoms with Crippen LogP contribution in [-0.2, 0) is 4.79 Å². The van der Waals surface area contributed by atoms with Crippen LogP contribution in [-0.4, -0.2) is 16.1 Å². The van der Waals surface area contributed by atoms with E-state index in [4.69, 9.17) is 4.42 Å². The molecular weight excluding hydrogens is 328 g/mol. The van der Waals surface area contributed by atoms with Gasteiger partial charge in [0.2, 0.25) is 18.2 Å². The summed E-state index contributed by atoms with van der Waals surface area (Å²) in [7, 11) is 0. The van der Waals surface area contributed by atoms with E-state index in [0.717, 1.165) is 5.56 Å². The van der Waals surface area contributed by atoms with Crippen molar-refractivity contribution in [1.82, 2.24) is 10.2 Å². The SMILES string of the molecule is O=C(Nc1ccc(-c2nnco2)cc1)[C@@H]1C[C@H]1c1c(F)cccc1F. The topological polar surface area (TPSA) is 68.0 Å². The van der Waals surface area contributed by atoms with Gasteiger partial charge in [0.25, 0.3) is 0 Å². The fraction of sp³-hybridized carbons (Fsp3) is 0.167. The molecule has 5 nitrogen and oxygen atoms in total. The predicted octanol–water partition coefficient (Wildman–Crippen LogP) is 3.76. The first-order chi connectivity index (χ1) is 12.1. The summed E-state index contributed by atoms with van der Waals surface area (Å²) in [4.78, 5) is 12.3. The molecule has 1 saturated carbocycles. The van der Waals surface area contributed by atoms with Crippen molar-refractivity contribution in [3.63, 3.8) is 0 Å². The molecule has 3 aromatic rings. The van der Waals surface area contributed by atoms with Crippen LogP contribution in [0.1, 0.15) is 17.9 Å². The van der Waals surface area contributed by atoms with E-state index in [1.54, 1.807) is 24.3 Å². The molecule has 2 aromatic carbocycles. The second-order valence-electron chi connectivity index (χ2n) is 5.89. The van der Waals surface area contributed by atoms with Gasteiger partial charge in [-0.25, -0.2) is 8.78 Å². The van der Waals surface area contributed by atoms with Crippen molar-refractivity contribution in [3.05, 3.63) is 66.1 Å². The molecule has 1 aliphatic rings. The van der Waals surface area contributed by atoms with E-state index < -0.39 is 23.5 Å². The number of rotatable bonds is 4. The van der Waals surface area contributed by atoms with E-state index in [1.807, 2.05) is 0 Å². The Labute approximate surface area is 141 Å². The zero-order valence-electron chi connectivity index (χ0n) is 12.9. The van der Waals surface area contributed by atoms with E-state index in [1.165, 1.54) is 24.6 Å². The minimum atomic E-state index is -0.607. The molecule has 4 rings (SSSR count). The number of nitrogens with one attached hydrogen (secondary N) is 1. The minimum Gasteiger partial charge on any atom is -0.423 e. The summed E-state index contributed by atoms with van der Waals surface area (Å²) < 4.78 is 32.7. The predicted molar refractivity (Wildman–Crippen MR) is 85.6 cm³/mol. The quantitative estimate of drug-likeness (QED) is 0.785. The van der Waals surface area contributed by atoms with Crippen LogP contribution >= 0.6 is 0 Å². The van der Waals surface area contributed by atoms with Crippen molar-refractivity contribution in [2.24, 2.45) is 5.92 Å². The van der Waals surface area contributed by atoms with Gasteiger partial charge in [-0.1, -0.05) is 6.07 Å². The van der Waals surface area contributed by atoms with E-state index in [0.29, 0.717) is 18.0 Å². The molecule has 1 amide bonds. The number of carbonyl (C=O) groups excluding carboxylic acids is 1. The summed E-state index contributed by atoms with van der Waals surface area (Å²) in [5.74, 6) is -1.93. The minimum absolute atomic E-state index is 0.00519. The summed E-state index contributed by atoms with van der Waals surface area (Å²) in [5.41, 5.74) is 1.32. The first-order valence-electron chi connectivity index (χ1n) is 7.75. The lowest BCUT2D eigenvalue weighted by Gasteiger charge is -2.07. The molecule has 0 saturated heterocycles. The number of amides is 1. The Morgan fingerprint density at radius 1 is 1.12 bits per heavy atom. The summed E-state index contributed by atoms with van der Waals surface area (Å²) in [6.07, 6.45) is 1.67. The zero-order valence-corrected chi connectivity index (χ0v) is 12.9. The standard InChI is InChI=1S/C18H13F2N3O2/c19-14-2-1-3-15(20)16(14)12-8-13(12)17(24)22-11-6-4-10(5-7-11)18-23-21-9-25-18/h1-7,9,12-13H,8H2,(H,22,24)/t12-,13-/m1/s1. The number of hydrogen-bond acceptors (Lipinski definition) is 4. The largest absolute Gasteiger partial charge is 0.423 e. The molecule has 1 N–H and O–H groups in total. The second kappa shape index (κ2) is 6.08. The number of carbonyl (C=O) groups is 1. The monoisotopic (exact) mass is 341 g/mol. The van der Waals surface area contributed by atoms with E-state index in [9.17, 15) is 13.6 Å². The summed E-state index contributed by atoms with van der Waals surface area (Å²) in [6, 6.07) is 10.6. The maximum Gasteiger partial charge on any atom is 0.247 e. The average Bonchev–Trinajstić information content (AvgIpc) is 3.18. The summed E-state index contributed by atoms with van der Waals surface area (Å²) in [5, 5.41) is 10.2. The molecule has 0 unspecified atom stereocenters. The fourth-order valence-corrected chi connectivity index (χ4v) is 2.90. The first-order valence-corrected chi connectivity index (χ1v) is 7.75. The highest BCUT2D eigenvalue weighted by Crippen LogP contribution is 2.49. The van der Waals surface area contributed by atoms with Gasteiger partial charge in [-0.3, -0.25) is 4.79 Å². The van der Waals surface area contributed by atoms with Gasteiger partial charge in [0.15, 0.2) is 0 Å². The van der Waals surface area contributed by atoms with Gasteiger partial charge >= 0.3 is 0 Å². The summed E-state index contributed by atoms with van der Waals surface area (Å²) in [6.45, 7) is 0.